The summed E-state index contributed by atoms with van der Waals surface area (Å²) in [5.74, 6) is 0.730. The van der Waals surface area contributed by atoms with Crippen molar-refractivity contribution in [1.29, 1.82) is 0 Å². The molecule has 102 valence electrons. The maximum atomic E-state index is 6.11. The molecule has 0 spiro atoms. The molecule has 1 N–H and O–H groups in total. The molecule has 1 unspecified atom stereocenters. The first-order valence-electron chi connectivity index (χ1n) is 6.73. The fraction of sp³-hybridized carbons (Fsp3) is 0.600. The molecule has 1 nitrogen and oxygen atoms in total. The zero-order valence-electron chi connectivity index (χ0n) is 11.5. The van der Waals surface area contributed by atoms with Gasteiger partial charge in [0.05, 0.1) is 0 Å². The van der Waals surface area contributed by atoms with Gasteiger partial charge in [-0.2, -0.15) is 0 Å². The lowest BCUT2D eigenvalue weighted by Gasteiger charge is -2.21. The summed E-state index contributed by atoms with van der Waals surface area (Å²) in [7, 11) is 0. The lowest BCUT2D eigenvalue weighted by atomic mass is 9.97. The molecule has 0 amide bonds. The van der Waals surface area contributed by atoms with E-state index < -0.39 is 0 Å². The van der Waals surface area contributed by atoms with Crippen molar-refractivity contribution in [3.05, 3.63) is 33.3 Å². The summed E-state index contributed by atoms with van der Waals surface area (Å²) in [6, 6.07) is 6.42. The number of benzene rings is 1. The Labute approximate surface area is 124 Å². The van der Waals surface area contributed by atoms with Crippen LogP contribution in [0.1, 0.15) is 51.6 Å². The minimum atomic E-state index is 0.389. The van der Waals surface area contributed by atoms with Gasteiger partial charge in [0.25, 0.3) is 0 Å². The SMILES string of the molecule is CCCNC(CCC(C)C)c1cc(Cl)ccc1Br. The monoisotopic (exact) mass is 331 g/mol. The van der Waals surface area contributed by atoms with Crippen LogP contribution in [0.5, 0.6) is 0 Å². The van der Waals surface area contributed by atoms with E-state index in [2.05, 4.69) is 48.1 Å². The number of rotatable bonds is 7. The highest BCUT2D eigenvalue weighted by atomic mass is 79.9. The van der Waals surface area contributed by atoms with E-state index in [0.717, 1.165) is 34.8 Å². The Balaban J connectivity index is 2.82. The predicted octanol–water partition coefficient (Wildman–Crippen LogP) is 5.58. The van der Waals surface area contributed by atoms with Gasteiger partial charge in [-0.1, -0.05) is 48.3 Å². The molecule has 0 aliphatic heterocycles. The third-order valence-electron chi connectivity index (χ3n) is 3.01. The summed E-state index contributed by atoms with van der Waals surface area (Å²) in [6.07, 6.45) is 3.52. The zero-order valence-corrected chi connectivity index (χ0v) is 13.8. The van der Waals surface area contributed by atoms with Crippen molar-refractivity contribution in [3.63, 3.8) is 0 Å². The minimum absolute atomic E-state index is 0.389. The van der Waals surface area contributed by atoms with Crippen LogP contribution in [0.4, 0.5) is 0 Å². The third kappa shape index (κ3) is 5.29. The molecular formula is C15H23BrClN. The van der Waals surface area contributed by atoms with Crippen molar-refractivity contribution in [3.8, 4) is 0 Å². The number of hydrogen-bond acceptors (Lipinski definition) is 1. The lowest BCUT2D eigenvalue weighted by Crippen LogP contribution is -2.23. The van der Waals surface area contributed by atoms with Gasteiger partial charge >= 0.3 is 0 Å². The van der Waals surface area contributed by atoms with E-state index in [4.69, 9.17) is 11.6 Å². The van der Waals surface area contributed by atoms with Crippen molar-refractivity contribution >= 4 is 27.5 Å². The first-order chi connectivity index (χ1) is 8.54. The van der Waals surface area contributed by atoms with Crippen LogP contribution in [0.2, 0.25) is 5.02 Å². The predicted molar refractivity (Wildman–Crippen MR) is 84.3 cm³/mol. The van der Waals surface area contributed by atoms with Crippen molar-refractivity contribution in [1.82, 2.24) is 5.32 Å². The highest BCUT2D eigenvalue weighted by Gasteiger charge is 2.14. The van der Waals surface area contributed by atoms with Crippen LogP contribution in [-0.4, -0.2) is 6.54 Å². The number of hydrogen-bond donors (Lipinski definition) is 1. The van der Waals surface area contributed by atoms with Gasteiger partial charge in [0.15, 0.2) is 0 Å². The molecule has 0 saturated heterocycles. The van der Waals surface area contributed by atoms with Gasteiger partial charge in [0.2, 0.25) is 0 Å². The standard InChI is InChI=1S/C15H23BrClN/c1-4-9-18-15(8-5-11(2)3)13-10-12(17)6-7-14(13)16/h6-7,10-11,15,18H,4-5,8-9H2,1-3H3. The van der Waals surface area contributed by atoms with Gasteiger partial charge in [0, 0.05) is 15.5 Å². The van der Waals surface area contributed by atoms with Gasteiger partial charge in [-0.25, -0.2) is 0 Å². The van der Waals surface area contributed by atoms with Crippen LogP contribution >= 0.6 is 27.5 Å². The molecule has 1 aromatic rings. The summed E-state index contributed by atoms with van der Waals surface area (Å²) in [5.41, 5.74) is 1.27. The van der Waals surface area contributed by atoms with E-state index >= 15 is 0 Å². The maximum absolute atomic E-state index is 6.11. The molecule has 1 atom stereocenters. The molecular weight excluding hydrogens is 310 g/mol. The summed E-state index contributed by atoms with van der Waals surface area (Å²) in [4.78, 5) is 0. The van der Waals surface area contributed by atoms with E-state index in [1.54, 1.807) is 0 Å². The third-order valence-corrected chi connectivity index (χ3v) is 3.96. The topological polar surface area (TPSA) is 12.0 Å². The second-order valence-electron chi connectivity index (χ2n) is 5.14. The van der Waals surface area contributed by atoms with E-state index in [0.29, 0.717) is 6.04 Å². The Morgan fingerprint density at radius 2 is 2.00 bits per heavy atom. The van der Waals surface area contributed by atoms with Gasteiger partial charge < -0.3 is 5.32 Å². The van der Waals surface area contributed by atoms with Crippen LogP contribution in [0.15, 0.2) is 22.7 Å². The van der Waals surface area contributed by atoms with E-state index in [1.165, 1.54) is 12.0 Å². The van der Waals surface area contributed by atoms with Crippen LogP contribution < -0.4 is 5.32 Å². The van der Waals surface area contributed by atoms with Gasteiger partial charge in [-0.05, 0) is 55.5 Å². The fourth-order valence-electron chi connectivity index (χ4n) is 1.97. The molecule has 0 heterocycles. The quantitative estimate of drug-likeness (QED) is 0.687. The number of nitrogens with one attached hydrogen (secondary N) is 1. The van der Waals surface area contributed by atoms with Crippen LogP contribution in [0, 0.1) is 5.92 Å². The average molecular weight is 333 g/mol. The van der Waals surface area contributed by atoms with Crippen molar-refractivity contribution in [2.24, 2.45) is 5.92 Å². The van der Waals surface area contributed by atoms with Gasteiger partial charge in [-0.3, -0.25) is 0 Å². The Hall–Kier alpha value is -0.0500. The molecule has 0 aromatic heterocycles. The summed E-state index contributed by atoms with van der Waals surface area (Å²) >= 11 is 9.74. The van der Waals surface area contributed by atoms with Gasteiger partial charge in [0.1, 0.15) is 0 Å². The smallest absolute Gasteiger partial charge is 0.0410 e. The Morgan fingerprint density at radius 3 is 2.61 bits per heavy atom. The molecule has 0 bridgehead atoms. The highest BCUT2D eigenvalue weighted by Crippen LogP contribution is 2.30. The first-order valence-corrected chi connectivity index (χ1v) is 7.90. The van der Waals surface area contributed by atoms with Crippen LogP contribution in [0.3, 0.4) is 0 Å². The average Bonchev–Trinajstić information content (AvgIpc) is 2.32. The Kier molecular flexibility index (Phi) is 7.28. The molecule has 18 heavy (non-hydrogen) atoms. The summed E-state index contributed by atoms with van der Waals surface area (Å²) in [5, 5.41) is 4.43. The van der Waals surface area contributed by atoms with Crippen LogP contribution in [0.25, 0.3) is 0 Å². The molecule has 0 fully saturated rings. The Morgan fingerprint density at radius 1 is 1.28 bits per heavy atom. The van der Waals surface area contributed by atoms with E-state index in [9.17, 15) is 0 Å². The number of halogens is 2. The molecule has 0 aliphatic carbocycles. The molecule has 1 rings (SSSR count). The zero-order chi connectivity index (χ0) is 13.5. The summed E-state index contributed by atoms with van der Waals surface area (Å²) < 4.78 is 1.14. The van der Waals surface area contributed by atoms with Crippen molar-refractivity contribution in [2.45, 2.75) is 46.1 Å². The Bertz CT molecular complexity index is 366. The van der Waals surface area contributed by atoms with Crippen molar-refractivity contribution in [2.75, 3.05) is 6.54 Å². The first kappa shape index (κ1) is 16.0. The lowest BCUT2D eigenvalue weighted by molar-refractivity contribution is 0.440. The largest absolute Gasteiger partial charge is 0.310 e. The van der Waals surface area contributed by atoms with Gasteiger partial charge in [-0.15, -0.1) is 0 Å². The molecule has 0 radical (unpaired) electrons. The highest BCUT2D eigenvalue weighted by molar-refractivity contribution is 9.10. The van der Waals surface area contributed by atoms with E-state index in [1.807, 2.05) is 12.1 Å². The molecule has 1 aromatic carbocycles. The van der Waals surface area contributed by atoms with Crippen LogP contribution in [-0.2, 0) is 0 Å². The van der Waals surface area contributed by atoms with E-state index in [-0.39, 0.29) is 0 Å². The molecule has 0 aliphatic rings. The molecule has 0 saturated carbocycles. The second-order valence-corrected chi connectivity index (χ2v) is 6.43. The summed E-state index contributed by atoms with van der Waals surface area (Å²) in [6.45, 7) is 7.77. The van der Waals surface area contributed by atoms with Crippen molar-refractivity contribution < 1.29 is 0 Å². The molecule has 3 heteroatoms. The fourth-order valence-corrected chi connectivity index (χ4v) is 2.67. The maximum Gasteiger partial charge on any atom is 0.0410 e. The normalized spacial score (nSPS) is 13.0. The minimum Gasteiger partial charge on any atom is -0.310 e. The second kappa shape index (κ2) is 8.19.